The minimum absolute atomic E-state index is 0.0275. The summed E-state index contributed by atoms with van der Waals surface area (Å²) in [7, 11) is 0. The summed E-state index contributed by atoms with van der Waals surface area (Å²) in [6.07, 6.45) is 2.42. The highest BCUT2D eigenvalue weighted by atomic mass is 16.1. The average molecular weight is 262 g/mol. The fourth-order valence-corrected chi connectivity index (χ4v) is 1.96. The van der Waals surface area contributed by atoms with Crippen molar-refractivity contribution in [1.82, 2.24) is 5.32 Å². The molecule has 1 rings (SSSR count). The Morgan fingerprint density at radius 3 is 2.47 bits per heavy atom. The molecule has 106 valence electrons. The van der Waals surface area contributed by atoms with Gasteiger partial charge in [0.15, 0.2) is 0 Å². The molecule has 2 N–H and O–H groups in total. The molecule has 3 nitrogen and oxygen atoms in total. The molecule has 3 heteroatoms. The molecule has 1 aromatic carbocycles. The van der Waals surface area contributed by atoms with Crippen LogP contribution >= 0.6 is 0 Å². The second-order valence-corrected chi connectivity index (χ2v) is 5.59. The molecule has 1 aromatic rings. The molecule has 0 heterocycles. The SMILES string of the molecule is CC(=O)Nc1ccccc1CNC(C)CCC(C)C. The number of hydrogen-bond donors (Lipinski definition) is 2. The first-order valence-electron chi connectivity index (χ1n) is 7.08. The Bertz CT molecular complexity index is 401. The lowest BCUT2D eigenvalue weighted by molar-refractivity contribution is -0.114. The molecular weight excluding hydrogens is 236 g/mol. The predicted molar refractivity (Wildman–Crippen MR) is 81.1 cm³/mol. The normalized spacial score (nSPS) is 12.5. The van der Waals surface area contributed by atoms with E-state index in [0.717, 1.165) is 23.7 Å². The Kier molecular flexibility index (Phi) is 6.57. The van der Waals surface area contributed by atoms with Gasteiger partial charge in [0.1, 0.15) is 0 Å². The van der Waals surface area contributed by atoms with Gasteiger partial charge < -0.3 is 10.6 Å². The van der Waals surface area contributed by atoms with E-state index in [0.29, 0.717) is 6.04 Å². The number of nitrogens with one attached hydrogen (secondary N) is 2. The second kappa shape index (κ2) is 7.95. The lowest BCUT2D eigenvalue weighted by atomic mass is 10.0. The maximum absolute atomic E-state index is 11.1. The molecule has 0 radical (unpaired) electrons. The van der Waals surface area contributed by atoms with Crippen molar-refractivity contribution < 1.29 is 4.79 Å². The lowest BCUT2D eigenvalue weighted by Crippen LogP contribution is -2.26. The number of carbonyl (C=O) groups is 1. The number of rotatable bonds is 7. The van der Waals surface area contributed by atoms with E-state index in [4.69, 9.17) is 0 Å². The van der Waals surface area contributed by atoms with Crippen LogP contribution in [0.5, 0.6) is 0 Å². The van der Waals surface area contributed by atoms with Gasteiger partial charge in [-0.2, -0.15) is 0 Å². The van der Waals surface area contributed by atoms with Crippen molar-refractivity contribution in [2.24, 2.45) is 5.92 Å². The summed E-state index contributed by atoms with van der Waals surface area (Å²) in [5, 5.41) is 6.39. The van der Waals surface area contributed by atoms with E-state index >= 15 is 0 Å². The van der Waals surface area contributed by atoms with Crippen LogP contribution in [0.3, 0.4) is 0 Å². The maximum Gasteiger partial charge on any atom is 0.221 e. The van der Waals surface area contributed by atoms with Gasteiger partial charge in [0.2, 0.25) is 5.91 Å². The third-order valence-corrected chi connectivity index (χ3v) is 3.15. The van der Waals surface area contributed by atoms with Gasteiger partial charge in [0, 0.05) is 25.2 Å². The van der Waals surface area contributed by atoms with Gasteiger partial charge >= 0.3 is 0 Å². The van der Waals surface area contributed by atoms with Crippen LogP contribution in [0.15, 0.2) is 24.3 Å². The third-order valence-electron chi connectivity index (χ3n) is 3.15. The first-order chi connectivity index (χ1) is 8.99. The van der Waals surface area contributed by atoms with Gasteiger partial charge in [0.05, 0.1) is 0 Å². The van der Waals surface area contributed by atoms with Crippen molar-refractivity contribution in [3.63, 3.8) is 0 Å². The van der Waals surface area contributed by atoms with Crippen LogP contribution in [0, 0.1) is 5.92 Å². The minimum atomic E-state index is -0.0275. The Labute approximate surface area is 116 Å². The highest BCUT2D eigenvalue weighted by Crippen LogP contribution is 2.15. The molecule has 0 bridgehead atoms. The molecular formula is C16H26N2O. The van der Waals surface area contributed by atoms with Gasteiger partial charge in [-0.1, -0.05) is 32.0 Å². The van der Waals surface area contributed by atoms with Crippen molar-refractivity contribution >= 4 is 11.6 Å². The van der Waals surface area contributed by atoms with Crippen molar-refractivity contribution in [3.05, 3.63) is 29.8 Å². The van der Waals surface area contributed by atoms with E-state index in [1.807, 2.05) is 24.3 Å². The Balaban J connectivity index is 2.50. The van der Waals surface area contributed by atoms with Gasteiger partial charge in [-0.05, 0) is 37.3 Å². The first kappa shape index (κ1) is 15.7. The van der Waals surface area contributed by atoms with Crippen molar-refractivity contribution in [2.75, 3.05) is 5.32 Å². The molecule has 0 aliphatic heterocycles. The van der Waals surface area contributed by atoms with Crippen molar-refractivity contribution in [1.29, 1.82) is 0 Å². The Morgan fingerprint density at radius 1 is 1.16 bits per heavy atom. The molecule has 0 spiro atoms. The van der Waals surface area contributed by atoms with E-state index in [-0.39, 0.29) is 5.91 Å². The molecule has 1 atom stereocenters. The molecule has 19 heavy (non-hydrogen) atoms. The number of para-hydroxylation sites is 1. The van der Waals surface area contributed by atoms with E-state index in [1.54, 1.807) is 0 Å². The fourth-order valence-electron chi connectivity index (χ4n) is 1.96. The average Bonchev–Trinajstić information content (AvgIpc) is 2.34. The fraction of sp³-hybridized carbons (Fsp3) is 0.562. The van der Waals surface area contributed by atoms with Crippen LogP contribution < -0.4 is 10.6 Å². The Hall–Kier alpha value is -1.35. The summed E-state index contributed by atoms with van der Waals surface area (Å²) in [4.78, 5) is 11.1. The second-order valence-electron chi connectivity index (χ2n) is 5.59. The highest BCUT2D eigenvalue weighted by Gasteiger charge is 2.06. The summed E-state index contributed by atoms with van der Waals surface area (Å²) in [6, 6.07) is 8.43. The molecule has 0 aromatic heterocycles. The highest BCUT2D eigenvalue weighted by molar-refractivity contribution is 5.89. The van der Waals surface area contributed by atoms with Crippen LogP contribution in [0.1, 0.15) is 46.1 Å². The summed E-state index contributed by atoms with van der Waals surface area (Å²) < 4.78 is 0. The van der Waals surface area contributed by atoms with Crippen molar-refractivity contribution in [3.8, 4) is 0 Å². The van der Waals surface area contributed by atoms with Crippen LogP contribution in [-0.4, -0.2) is 11.9 Å². The number of amides is 1. The number of anilines is 1. The minimum Gasteiger partial charge on any atom is -0.326 e. The molecule has 1 unspecified atom stereocenters. The molecule has 0 aliphatic rings. The summed E-state index contributed by atoms with van der Waals surface area (Å²) in [5.41, 5.74) is 2.03. The monoisotopic (exact) mass is 262 g/mol. The summed E-state index contributed by atoms with van der Waals surface area (Å²) in [6.45, 7) is 9.03. The van der Waals surface area contributed by atoms with Gasteiger partial charge in [-0.25, -0.2) is 0 Å². The largest absolute Gasteiger partial charge is 0.326 e. The zero-order valence-electron chi connectivity index (χ0n) is 12.5. The third kappa shape index (κ3) is 6.39. The maximum atomic E-state index is 11.1. The lowest BCUT2D eigenvalue weighted by Gasteiger charge is -2.16. The topological polar surface area (TPSA) is 41.1 Å². The van der Waals surface area contributed by atoms with Gasteiger partial charge in [0.25, 0.3) is 0 Å². The summed E-state index contributed by atoms with van der Waals surface area (Å²) >= 11 is 0. The van der Waals surface area contributed by atoms with Crippen LogP contribution in [-0.2, 0) is 11.3 Å². The van der Waals surface area contributed by atoms with Gasteiger partial charge in [-0.15, -0.1) is 0 Å². The van der Waals surface area contributed by atoms with Gasteiger partial charge in [-0.3, -0.25) is 4.79 Å². The van der Waals surface area contributed by atoms with Crippen molar-refractivity contribution in [2.45, 2.75) is 53.1 Å². The first-order valence-corrected chi connectivity index (χ1v) is 7.08. The number of carbonyl (C=O) groups excluding carboxylic acids is 1. The predicted octanol–water partition coefficient (Wildman–Crippen LogP) is 3.56. The smallest absolute Gasteiger partial charge is 0.221 e. The Morgan fingerprint density at radius 2 is 1.84 bits per heavy atom. The molecule has 1 amide bonds. The molecule has 0 aliphatic carbocycles. The zero-order valence-corrected chi connectivity index (χ0v) is 12.5. The van der Waals surface area contributed by atoms with E-state index in [2.05, 4.69) is 31.4 Å². The van der Waals surface area contributed by atoms with E-state index in [9.17, 15) is 4.79 Å². The zero-order chi connectivity index (χ0) is 14.3. The molecule has 0 fully saturated rings. The van der Waals surface area contributed by atoms with E-state index < -0.39 is 0 Å². The van der Waals surface area contributed by atoms with E-state index in [1.165, 1.54) is 19.8 Å². The molecule has 0 saturated heterocycles. The number of hydrogen-bond acceptors (Lipinski definition) is 2. The van der Waals surface area contributed by atoms with Crippen LogP contribution in [0.4, 0.5) is 5.69 Å². The summed E-state index contributed by atoms with van der Waals surface area (Å²) in [5.74, 6) is 0.719. The van der Waals surface area contributed by atoms with Crippen LogP contribution in [0.2, 0.25) is 0 Å². The van der Waals surface area contributed by atoms with Crippen LogP contribution in [0.25, 0.3) is 0 Å². The standard InChI is InChI=1S/C16H26N2O/c1-12(2)9-10-13(3)17-11-15-7-5-6-8-16(15)18-14(4)19/h5-8,12-13,17H,9-11H2,1-4H3,(H,18,19). The number of benzene rings is 1. The quantitative estimate of drug-likeness (QED) is 0.789. The molecule has 0 saturated carbocycles.